The van der Waals surface area contributed by atoms with Gasteiger partial charge in [0.05, 0.1) is 0 Å². The molecular weight excluding hydrogens is 160 g/mol. The van der Waals surface area contributed by atoms with Gasteiger partial charge in [-0.25, -0.2) is 0 Å². The van der Waals surface area contributed by atoms with Crippen LogP contribution in [-0.4, -0.2) is 47.6 Å². The maximum Gasteiger partial charge on any atom is 0.0226 e. The Morgan fingerprint density at radius 1 is 1.00 bits per heavy atom. The monoisotopic (exact) mass is 184 g/mol. The number of likely N-dealkylation sites (N-methyl/N-ethyl adjacent to an activating group) is 1. The van der Waals surface area contributed by atoms with E-state index in [-0.39, 0.29) is 0 Å². The summed E-state index contributed by atoms with van der Waals surface area (Å²) < 4.78 is 0. The summed E-state index contributed by atoms with van der Waals surface area (Å²) in [6.45, 7) is 14.0. The topological polar surface area (TPSA) is 6.48 Å². The molecule has 0 aromatic carbocycles. The molecular formula is C11H24N2. The van der Waals surface area contributed by atoms with Crippen molar-refractivity contribution in [3.63, 3.8) is 0 Å². The van der Waals surface area contributed by atoms with Crippen molar-refractivity contribution < 1.29 is 0 Å². The van der Waals surface area contributed by atoms with Gasteiger partial charge in [-0.05, 0) is 41.7 Å². The van der Waals surface area contributed by atoms with Crippen molar-refractivity contribution in [2.75, 3.05) is 20.1 Å². The van der Waals surface area contributed by atoms with E-state index in [0.29, 0.717) is 17.6 Å². The fraction of sp³-hybridized carbons (Fsp3) is 1.00. The Bertz CT molecular complexity index is 171. The van der Waals surface area contributed by atoms with Gasteiger partial charge in [-0.15, -0.1) is 0 Å². The molecule has 0 aliphatic carbocycles. The molecule has 1 aliphatic rings. The van der Waals surface area contributed by atoms with Crippen molar-refractivity contribution in [1.29, 1.82) is 0 Å². The number of nitrogens with zero attached hydrogens (tertiary/aromatic N) is 2. The van der Waals surface area contributed by atoms with Crippen LogP contribution in [0.2, 0.25) is 0 Å². The van der Waals surface area contributed by atoms with E-state index < -0.39 is 0 Å². The fourth-order valence-electron chi connectivity index (χ4n) is 2.25. The number of hydrogen-bond donors (Lipinski definition) is 0. The highest BCUT2D eigenvalue weighted by Gasteiger charge is 2.34. The van der Waals surface area contributed by atoms with Gasteiger partial charge in [0.1, 0.15) is 0 Å². The van der Waals surface area contributed by atoms with Gasteiger partial charge in [0.15, 0.2) is 0 Å². The Balaban J connectivity index is 2.70. The zero-order chi connectivity index (χ0) is 10.2. The highest BCUT2D eigenvalue weighted by molar-refractivity contribution is 4.90. The summed E-state index contributed by atoms with van der Waals surface area (Å²) in [5.74, 6) is 0. The first-order valence-corrected chi connectivity index (χ1v) is 5.31. The van der Waals surface area contributed by atoms with Crippen LogP contribution in [0.5, 0.6) is 0 Å². The number of hydrogen-bond acceptors (Lipinski definition) is 2. The molecule has 0 N–H and O–H groups in total. The third-order valence-corrected chi connectivity index (χ3v) is 3.44. The van der Waals surface area contributed by atoms with Gasteiger partial charge < -0.3 is 4.90 Å². The standard InChI is InChI=1S/C11H24N2/c1-9-10(2)13(11(3,4)5)8-7-12(9)6/h9-10H,7-8H2,1-6H3. The van der Waals surface area contributed by atoms with Crippen LogP contribution in [-0.2, 0) is 0 Å². The molecule has 0 saturated carbocycles. The minimum Gasteiger partial charge on any atom is -0.301 e. The van der Waals surface area contributed by atoms with Crippen molar-refractivity contribution >= 4 is 0 Å². The summed E-state index contributed by atoms with van der Waals surface area (Å²) in [7, 11) is 2.22. The average Bonchev–Trinajstić information content (AvgIpc) is 1.98. The van der Waals surface area contributed by atoms with Crippen LogP contribution < -0.4 is 0 Å². The molecule has 0 amide bonds. The average molecular weight is 184 g/mol. The van der Waals surface area contributed by atoms with Gasteiger partial charge in [-0.3, -0.25) is 4.90 Å². The molecule has 1 heterocycles. The zero-order valence-corrected chi connectivity index (χ0v) is 9.96. The molecule has 1 saturated heterocycles. The first-order chi connectivity index (χ1) is 5.84. The molecule has 0 radical (unpaired) electrons. The molecule has 1 rings (SSSR count). The van der Waals surface area contributed by atoms with E-state index in [4.69, 9.17) is 0 Å². The Labute approximate surface area is 82.9 Å². The largest absolute Gasteiger partial charge is 0.301 e. The Morgan fingerprint density at radius 2 is 1.54 bits per heavy atom. The first-order valence-electron chi connectivity index (χ1n) is 5.31. The lowest BCUT2D eigenvalue weighted by Crippen LogP contribution is -2.61. The second-order valence-corrected chi connectivity index (χ2v) is 5.33. The maximum atomic E-state index is 2.61. The van der Waals surface area contributed by atoms with Gasteiger partial charge in [-0.2, -0.15) is 0 Å². The van der Waals surface area contributed by atoms with Crippen molar-refractivity contribution in [2.24, 2.45) is 0 Å². The lowest BCUT2D eigenvalue weighted by molar-refractivity contribution is -0.00568. The van der Waals surface area contributed by atoms with E-state index in [1.54, 1.807) is 0 Å². The number of rotatable bonds is 0. The van der Waals surface area contributed by atoms with Gasteiger partial charge in [0.25, 0.3) is 0 Å². The van der Waals surface area contributed by atoms with Crippen LogP contribution in [0.4, 0.5) is 0 Å². The Hall–Kier alpha value is -0.0800. The van der Waals surface area contributed by atoms with E-state index in [2.05, 4.69) is 51.5 Å². The van der Waals surface area contributed by atoms with Crippen molar-refractivity contribution in [1.82, 2.24) is 9.80 Å². The highest BCUT2D eigenvalue weighted by Crippen LogP contribution is 2.23. The molecule has 2 unspecified atom stereocenters. The normalized spacial score (nSPS) is 33.7. The van der Waals surface area contributed by atoms with E-state index in [9.17, 15) is 0 Å². The molecule has 1 aliphatic heterocycles. The molecule has 0 aromatic rings. The van der Waals surface area contributed by atoms with Gasteiger partial charge in [0.2, 0.25) is 0 Å². The molecule has 2 heteroatoms. The summed E-state index contributed by atoms with van der Waals surface area (Å²) in [6.07, 6.45) is 0. The minimum atomic E-state index is 0.314. The minimum absolute atomic E-state index is 0.314. The third-order valence-electron chi connectivity index (χ3n) is 3.44. The van der Waals surface area contributed by atoms with Crippen LogP contribution in [0.25, 0.3) is 0 Å². The Morgan fingerprint density at radius 3 is 2.00 bits per heavy atom. The molecule has 2 atom stereocenters. The molecule has 0 bridgehead atoms. The van der Waals surface area contributed by atoms with Crippen LogP contribution >= 0.6 is 0 Å². The zero-order valence-electron chi connectivity index (χ0n) is 9.96. The second kappa shape index (κ2) is 3.58. The van der Waals surface area contributed by atoms with E-state index in [1.165, 1.54) is 13.1 Å². The Kier molecular flexibility index (Phi) is 3.03. The molecule has 0 spiro atoms. The summed E-state index contributed by atoms with van der Waals surface area (Å²) in [5, 5.41) is 0. The highest BCUT2D eigenvalue weighted by atomic mass is 15.3. The summed E-state index contributed by atoms with van der Waals surface area (Å²) in [4.78, 5) is 5.06. The van der Waals surface area contributed by atoms with Crippen molar-refractivity contribution in [3.8, 4) is 0 Å². The summed E-state index contributed by atoms with van der Waals surface area (Å²) in [5.41, 5.74) is 0.314. The molecule has 0 aromatic heterocycles. The van der Waals surface area contributed by atoms with Crippen LogP contribution in [0, 0.1) is 0 Å². The molecule has 2 nitrogen and oxygen atoms in total. The predicted octanol–water partition coefficient (Wildman–Crippen LogP) is 1.81. The quantitative estimate of drug-likeness (QED) is 0.566. The lowest BCUT2D eigenvalue weighted by Gasteiger charge is -2.49. The molecule has 13 heavy (non-hydrogen) atoms. The predicted molar refractivity (Wildman–Crippen MR) is 58.0 cm³/mol. The van der Waals surface area contributed by atoms with Crippen molar-refractivity contribution in [3.05, 3.63) is 0 Å². The van der Waals surface area contributed by atoms with E-state index in [0.717, 1.165) is 0 Å². The van der Waals surface area contributed by atoms with E-state index >= 15 is 0 Å². The van der Waals surface area contributed by atoms with Gasteiger partial charge >= 0.3 is 0 Å². The first kappa shape index (κ1) is 11.0. The van der Waals surface area contributed by atoms with Crippen LogP contribution in [0.15, 0.2) is 0 Å². The van der Waals surface area contributed by atoms with Crippen LogP contribution in [0.1, 0.15) is 34.6 Å². The smallest absolute Gasteiger partial charge is 0.0226 e. The molecule has 1 fully saturated rings. The fourth-order valence-corrected chi connectivity index (χ4v) is 2.25. The molecule has 78 valence electrons. The summed E-state index contributed by atoms with van der Waals surface area (Å²) >= 11 is 0. The van der Waals surface area contributed by atoms with Crippen molar-refractivity contribution in [2.45, 2.75) is 52.2 Å². The second-order valence-electron chi connectivity index (χ2n) is 5.33. The van der Waals surface area contributed by atoms with Crippen LogP contribution in [0.3, 0.4) is 0 Å². The SMILES string of the molecule is CC1C(C)N(C(C)(C)C)CCN1C. The maximum absolute atomic E-state index is 2.61. The third kappa shape index (κ3) is 2.23. The van der Waals surface area contributed by atoms with Gasteiger partial charge in [0, 0.05) is 30.7 Å². The summed E-state index contributed by atoms with van der Waals surface area (Å²) in [6, 6.07) is 1.34. The van der Waals surface area contributed by atoms with E-state index in [1.807, 2.05) is 0 Å². The van der Waals surface area contributed by atoms with Gasteiger partial charge in [-0.1, -0.05) is 0 Å². The lowest BCUT2D eigenvalue weighted by atomic mass is 9.97. The number of piperazine rings is 1.